The first-order valence-corrected chi connectivity index (χ1v) is 9.38. The third-order valence-electron chi connectivity index (χ3n) is 6.14. The van der Waals surface area contributed by atoms with Crippen molar-refractivity contribution < 1.29 is 9.21 Å². The number of nitrogens with zero attached hydrogens (tertiary/aromatic N) is 2. The van der Waals surface area contributed by atoms with Crippen LogP contribution in [0.25, 0.3) is 0 Å². The van der Waals surface area contributed by atoms with Crippen LogP contribution >= 0.6 is 0 Å². The van der Waals surface area contributed by atoms with E-state index < -0.39 is 0 Å². The molecule has 130 valence electrons. The van der Waals surface area contributed by atoms with E-state index in [1.54, 1.807) is 6.26 Å². The lowest BCUT2D eigenvalue weighted by Gasteiger charge is -2.32. The molecule has 0 aromatic carbocycles. The monoisotopic (exact) mass is 328 g/mol. The van der Waals surface area contributed by atoms with Crippen LogP contribution < -0.4 is 0 Å². The van der Waals surface area contributed by atoms with E-state index in [9.17, 15) is 4.79 Å². The van der Waals surface area contributed by atoms with Gasteiger partial charge in [0.15, 0.2) is 0 Å². The van der Waals surface area contributed by atoms with Crippen LogP contribution in [0.2, 0.25) is 0 Å². The second-order valence-corrected chi connectivity index (χ2v) is 7.88. The van der Waals surface area contributed by atoms with E-state index in [1.807, 2.05) is 12.1 Å². The van der Waals surface area contributed by atoms with Gasteiger partial charge in [-0.05, 0) is 69.7 Å². The third-order valence-corrected chi connectivity index (χ3v) is 6.14. The summed E-state index contributed by atoms with van der Waals surface area (Å²) < 4.78 is 5.43. The highest BCUT2D eigenvalue weighted by Crippen LogP contribution is 2.36. The Morgan fingerprint density at radius 3 is 2.79 bits per heavy atom. The van der Waals surface area contributed by atoms with Gasteiger partial charge in [-0.15, -0.1) is 0 Å². The summed E-state index contributed by atoms with van der Waals surface area (Å²) in [6.45, 7) is 7.07. The minimum absolute atomic E-state index is 0.229. The predicted molar refractivity (Wildman–Crippen MR) is 93.3 cm³/mol. The molecule has 2 aliphatic heterocycles. The number of carbonyl (C=O) groups excluding carboxylic acids is 1. The molecule has 0 bridgehead atoms. The van der Waals surface area contributed by atoms with E-state index >= 15 is 0 Å². The van der Waals surface area contributed by atoms with Crippen molar-refractivity contribution in [1.82, 2.24) is 9.80 Å². The molecule has 1 amide bonds. The molecule has 24 heavy (non-hydrogen) atoms. The molecule has 0 unspecified atom stereocenters. The number of piperidine rings is 1. The second-order valence-electron chi connectivity index (χ2n) is 7.88. The van der Waals surface area contributed by atoms with Crippen LogP contribution in [0, 0.1) is 17.8 Å². The lowest BCUT2D eigenvalue weighted by atomic mass is 9.83. The normalized spacial score (nSPS) is 28.7. The van der Waals surface area contributed by atoms with Crippen molar-refractivity contribution in [3.63, 3.8) is 0 Å². The highest BCUT2D eigenvalue weighted by atomic mass is 16.3. The maximum Gasteiger partial charge on any atom is 0.225 e. The molecule has 1 aliphatic carbocycles. The minimum Gasteiger partial charge on any atom is -0.468 e. The topological polar surface area (TPSA) is 36.7 Å². The molecule has 0 spiro atoms. The Balaban J connectivity index is 1.28. The first-order chi connectivity index (χ1) is 11.7. The zero-order chi connectivity index (χ0) is 16.5. The number of likely N-dealkylation sites (tertiary alicyclic amines) is 2. The summed E-state index contributed by atoms with van der Waals surface area (Å²) in [6, 6.07) is 3.97. The number of hydrogen-bond donors (Lipinski definition) is 0. The Morgan fingerprint density at radius 2 is 2.04 bits per heavy atom. The van der Waals surface area contributed by atoms with Gasteiger partial charge in [0.25, 0.3) is 0 Å². The molecule has 2 saturated heterocycles. The average molecular weight is 328 g/mol. The summed E-state index contributed by atoms with van der Waals surface area (Å²) in [6.07, 6.45) is 8.44. The van der Waals surface area contributed by atoms with Gasteiger partial charge in [0.05, 0.1) is 12.8 Å². The number of furan rings is 1. The SMILES string of the molecule is CC1=CC[C@@H]2CN(C(=O)C3CCN(Cc4ccco4)CC3)C[C@@H]2C1. The molecule has 1 aromatic heterocycles. The lowest BCUT2D eigenvalue weighted by molar-refractivity contribution is -0.136. The number of fused-ring (bicyclic) bond motifs is 1. The molecular formula is C20H28N2O2. The van der Waals surface area contributed by atoms with E-state index in [4.69, 9.17) is 4.42 Å². The van der Waals surface area contributed by atoms with Crippen molar-refractivity contribution in [2.75, 3.05) is 26.2 Å². The fourth-order valence-electron chi connectivity index (χ4n) is 4.69. The van der Waals surface area contributed by atoms with Crippen molar-refractivity contribution in [1.29, 1.82) is 0 Å². The summed E-state index contributed by atoms with van der Waals surface area (Å²) in [5.41, 5.74) is 1.51. The highest BCUT2D eigenvalue weighted by Gasteiger charge is 2.38. The van der Waals surface area contributed by atoms with Gasteiger partial charge in [0.1, 0.15) is 5.76 Å². The third kappa shape index (κ3) is 3.30. The standard InChI is InChI=1S/C20H28N2O2/c1-15-4-5-17-12-22(13-18(17)11-15)20(23)16-6-8-21(9-7-16)14-19-3-2-10-24-19/h2-4,10,16-18H,5-9,11-14H2,1H3/t17-,18+/m1/s1. The van der Waals surface area contributed by atoms with Gasteiger partial charge in [-0.25, -0.2) is 0 Å². The van der Waals surface area contributed by atoms with Crippen LogP contribution in [0.3, 0.4) is 0 Å². The first-order valence-electron chi connectivity index (χ1n) is 9.38. The molecule has 0 radical (unpaired) electrons. The van der Waals surface area contributed by atoms with E-state index in [0.29, 0.717) is 17.7 Å². The molecule has 1 aromatic rings. The summed E-state index contributed by atoms with van der Waals surface area (Å²) >= 11 is 0. The van der Waals surface area contributed by atoms with Gasteiger partial charge in [0, 0.05) is 19.0 Å². The van der Waals surface area contributed by atoms with E-state index in [2.05, 4.69) is 22.8 Å². The van der Waals surface area contributed by atoms with Crippen LogP contribution in [0.4, 0.5) is 0 Å². The van der Waals surface area contributed by atoms with Crippen LogP contribution in [0.15, 0.2) is 34.5 Å². The molecule has 4 rings (SSSR count). The Bertz CT molecular complexity index is 599. The molecule has 0 saturated carbocycles. The van der Waals surface area contributed by atoms with Gasteiger partial charge in [-0.2, -0.15) is 0 Å². The molecule has 3 heterocycles. The molecule has 3 aliphatic rings. The average Bonchev–Trinajstić information content (AvgIpc) is 3.24. The Hall–Kier alpha value is -1.55. The van der Waals surface area contributed by atoms with Crippen molar-refractivity contribution in [2.45, 2.75) is 39.2 Å². The maximum atomic E-state index is 12.9. The van der Waals surface area contributed by atoms with Gasteiger partial charge in [0.2, 0.25) is 5.91 Å². The number of carbonyl (C=O) groups is 1. The zero-order valence-corrected chi connectivity index (χ0v) is 14.6. The number of allylic oxidation sites excluding steroid dienone is 2. The van der Waals surface area contributed by atoms with Crippen LogP contribution in [-0.4, -0.2) is 41.9 Å². The summed E-state index contributed by atoms with van der Waals surface area (Å²) in [5.74, 6) is 3.08. The van der Waals surface area contributed by atoms with Gasteiger partial charge < -0.3 is 9.32 Å². The van der Waals surface area contributed by atoms with Gasteiger partial charge >= 0.3 is 0 Å². The number of rotatable bonds is 3. The summed E-state index contributed by atoms with van der Waals surface area (Å²) in [4.78, 5) is 17.5. The van der Waals surface area contributed by atoms with Gasteiger partial charge in [-0.3, -0.25) is 9.69 Å². The predicted octanol–water partition coefficient (Wildman–Crippen LogP) is 3.31. The first kappa shape index (κ1) is 15.9. The Morgan fingerprint density at radius 1 is 1.25 bits per heavy atom. The smallest absolute Gasteiger partial charge is 0.225 e. The maximum absolute atomic E-state index is 12.9. The van der Waals surface area contributed by atoms with Crippen molar-refractivity contribution in [3.05, 3.63) is 35.8 Å². The fraction of sp³-hybridized carbons (Fsp3) is 0.650. The lowest BCUT2D eigenvalue weighted by Crippen LogP contribution is -2.41. The molecule has 2 atom stereocenters. The van der Waals surface area contributed by atoms with E-state index in [0.717, 1.165) is 51.3 Å². The van der Waals surface area contributed by atoms with Crippen LogP contribution in [0.5, 0.6) is 0 Å². The van der Waals surface area contributed by atoms with Crippen LogP contribution in [-0.2, 0) is 11.3 Å². The summed E-state index contributed by atoms with van der Waals surface area (Å²) in [7, 11) is 0. The summed E-state index contributed by atoms with van der Waals surface area (Å²) in [5, 5.41) is 0. The van der Waals surface area contributed by atoms with Crippen LogP contribution in [0.1, 0.15) is 38.4 Å². The van der Waals surface area contributed by atoms with Crippen molar-refractivity contribution in [2.24, 2.45) is 17.8 Å². The zero-order valence-electron chi connectivity index (χ0n) is 14.6. The molecule has 4 heteroatoms. The minimum atomic E-state index is 0.229. The number of hydrogen-bond acceptors (Lipinski definition) is 3. The molecular weight excluding hydrogens is 300 g/mol. The van der Waals surface area contributed by atoms with Crippen molar-refractivity contribution >= 4 is 5.91 Å². The quantitative estimate of drug-likeness (QED) is 0.799. The molecule has 4 nitrogen and oxygen atoms in total. The Kier molecular flexibility index (Phi) is 4.49. The number of amides is 1. The highest BCUT2D eigenvalue weighted by molar-refractivity contribution is 5.79. The van der Waals surface area contributed by atoms with E-state index in [1.165, 1.54) is 18.4 Å². The molecule has 2 fully saturated rings. The largest absolute Gasteiger partial charge is 0.468 e. The van der Waals surface area contributed by atoms with Crippen molar-refractivity contribution in [3.8, 4) is 0 Å². The fourth-order valence-corrected chi connectivity index (χ4v) is 4.69. The Labute approximate surface area is 144 Å². The second kappa shape index (κ2) is 6.75. The molecule has 0 N–H and O–H groups in total. The van der Waals surface area contributed by atoms with E-state index in [-0.39, 0.29) is 5.92 Å². The van der Waals surface area contributed by atoms with Gasteiger partial charge in [-0.1, -0.05) is 11.6 Å².